The van der Waals surface area contributed by atoms with Crippen LogP contribution in [0.3, 0.4) is 0 Å². The summed E-state index contributed by atoms with van der Waals surface area (Å²) < 4.78 is 5.96. The zero-order valence-corrected chi connectivity index (χ0v) is 7.60. The number of aromatic nitrogens is 2. The fourth-order valence-electron chi connectivity index (χ4n) is 0.776. The molecule has 0 aliphatic carbocycles. The van der Waals surface area contributed by atoms with Crippen LogP contribution < -0.4 is 5.56 Å². The van der Waals surface area contributed by atoms with E-state index in [4.69, 9.17) is 4.74 Å². The molecule has 0 unspecified atom stereocenters. The van der Waals surface area contributed by atoms with E-state index in [2.05, 4.69) is 4.98 Å². The maximum absolute atomic E-state index is 10.8. The van der Waals surface area contributed by atoms with Crippen LogP contribution in [0, 0.1) is 0 Å². The smallest absolute Gasteiger partial charge is 0.273 e. The van der Waals surface area contributed by atoms with Gasteiger partial charge in [0, 0.05) is 6.07 Å². The zero-order valence-electron chi connectivity index (χ0n) is 7.60. The van der Waals surface area contributed by atoms with Gasteiger partial charge in [-0.1, -0.05) is 0 Å². The topological polar surface area (TPSA) is 64.3 Å². The molecule has 0 saturated carbocycles. The van der Waals surface area contributed by atoms with Crippen molar-refractivity contribution in [3.8, 4) is 0 Å². The second-order valence-corrected chi connectivity index (χ2v) is 2.89. The van der Waals surface area contributed by atoms with Crippen molar-refractivity contribution in [2.75, 3.05) is 0 Å². The fraction of sp³-hybridized carbons (Fsp3) is 0.500. The lowest BCUT2D eigenvalue weighted by molar-refractivity contribution is 0.0441. The standard InChI is InChI=1S/C8H12N2O3/c1-6(2)13-5-7-9-8(11)3-4-10(7)12/h3-4,6,12H,5H2,1-2H3. The van der Waals surface area contributed by atoms with Gasteiger partial charge in [-0.2, -0.15) is 9.71 Å². The molecule has 0 bridgehead atoms. The monoisotopic (exact) mass is 184 g/mol. The van der Waals surface area contributed by atoms with Crippen molar-refractivity contribution >= 4 is 0 Å². The van der Waals surface area contributed by atoms with E-state index in [9.17, 15) is 10.0 Å². The summed E-state index contributed by atoms with van der Waals surface area (Å²) in [5.74, 6) is 0.209. The van der Waals surface area contributed by atoms with Gasteiger partial charge in [-0.3, -0.25) is 4.79 Å². The molecule has 1 aromatic rings. The summed E-state index contributed by atoms with van der Waals surface area (Å²) in [7, 11) is 0. The number of ether oxygens (including phenoxy) is 1. The molecule has 5 heteroatoms. The highest BCUT2D eigenvalue weighted by molar-refractivity contribution is 4.89. The van der Waals surface area contributed by atoms with Gasteiger partial charge in [0.25, 0.3) is 5.56 Å². The van der Waals surface area contributed by atoms with E-state index < -0.39 is 0 Å². The second-order valence-electron chi connectivity index (χ2n) is 2.89. The number of hydrogen-bond donors (Lipinski definition) is 1. The first-order valence-electron chi connectivity index (χ1n) is 3.99. The third-order valence-electron chi connectivity index (χ3n) is 1.41. The minimum absolute atomic E-state index is 0.0390. The summed E-state index contributed by atoms with van der Waals surface area (Å²) in [6.07, 6.45) is 1.28. The summed E-state index contributed by atoms with van der Waals surface area (Å²) in [6, 6.07) is 1.18. The average Bonchev–Trinajstić information content (AvgIpc) is 2.06. The van der Waals surface area contributed by atoms with Gasteiger partial charge in [0.2, 0.25) is 0 Å². The highest BCUT2D eigenvalue weighted by atomic mass is 16.5. The van der Waals surface area contributed by atoms with Crippen molar-refractivity contribution in [1.82, 2.24) is 9.71 Å². The van der Waals surface area contributed by atoms with Crippen LogP contribution in [0.25, 0.3) is 0 Å². The highest BCUT2D eigenvalue weighted by Gasteiger charge is 2.02. The van der Waals surface area contributed by atoms with Gasteiger partial charge in [0.1, 0.15) is 6.61 Å². The van der Waals surface area contributed by atoms with Crippen LogP contribution in [0.2, 0.25) is 0 Å². The van der Waals surface area contributed by atoms with Gasteiger partial charge in [-0.15, -0.1) is 0 Å². The van der Waals surface area contributed by atoms with Crippen LogP contribution in [-0.4, -0.2) is 21.0 Å². The van der Waals surface area contributed by atoms with Crippen LogP contribution >= 0.6 is 0 Å². The Morgan fingerprint density at radius 2 is 2.38 bits per heavy atom. The lowest BCUT2D eigenvalue weighted by Crippen LogP contribution is -2.17. The van der Waals surface area contributed by atoms with E-state index >= 15 is 0 Å². The summed E-state index contributed by atoms with van der Waals surface area (Å²) in [4.78, 5) is 14.4. The second kappa shape index (κ2) is 4.04. The van der Waals surface area contributed by atoms with E-state index in [0.717, 1.165) is 4.73 Å². The predicted molar refractivity (Wildman–Crippen MR) is 45.6 cm³/mol. The molecular weight excluding hydrogens is 172 g/mol. The van der Waals surface area contributed by atoms with E-state index in [-0.39, 0.29) is 24.1 Å². The van der Waals surface area contributed by atoms with Crippen molar-refractivity contribution in [3.05, 3.63) is 28.4 Å². The lowest BCUT2D eigenvalue weighted by Gasteiger charge is -2.08. The molecule has 0 fully saturated rings. The number of hydrogen-bond acceptors (Lipinski definition) is 4. The van der Waals surface area contributed by atoms with Gasteiger partial charge in [-0.05, 0) is 13.8 Å². The summed E-state index contributed by atoms with van der Waals surface area (Å²) in [6.45, 7) is 3.86. The molecule has 1 aromatic heterocycles. The average molecular weight is 184 g/mol. The molecular formula is C8H12N2O3. The minimum Gasteiger partial charge on any atom is -0.427 e. The molecule has 0 radical (unpaired) electrons. The first kappa shape index (κ1) is 9.73. The molecule has 0 aliphatic heterocycles. The van der Waals surface area contributed by atoms with Gasteiger partial charge in [0.05, 0.1) is 12.3 Å². The Labute approximate surface area is 75.6 Å². The Bertz CT molecular complexity index is 332. The largest absolute Gasteiger partial charge is 0.427 e. The Kier molecular flexibility index (Phi) is 3.02. The quantitative estimate of drug-likeness (QED) is 0.691. The molecule has 5 nitrogen and oxygen atoms in total. The summed E-state index contributed by atoms with van der Waals surface area (Å²) in [5.41, 5.74) is -0.382. The predicted octanol–water partition coefficient (Wildman–Crippen LogP) is 0.406. The van der Waals surface area contributed by atoms with Gasteiger partial charge in [-0.25, -0.2) is 0 Å². The maximum Gasteiger partial charge on any atom is 0.273 e. The molecule has 0 atom stereocenters. The number of nitrogens with zero attached hydrogens (tertiary/aromatic N) is 2. The zero-order chi connectivity index (χ0) is 9.84. The number of rotatable bonds is 3. The lowest BCUT2D eigenvalue weighted by atomic mass is 10.5. The van der Waals surface area contributed by atoms with Crippen LogP contribution in [0.1, 0.15) is 19.7 Å². The third-order valence-corrected chi connectivity index (χ3v) is 1.41. The highest BCUT2D eigenvalue weighted by Crippen LogP contribution is 1.96. The third kappa shape index (κ3) is 2.87. The van der Waals surface area contributed by atoms with Crippen molar-refractivity contribution in [2.45, 2.75) is 26.6 Å². The molecule has 1 heterocycles. The van der Waals surface area contributed by atoms with Crippen molar-refractivity contribution < 1.29 is 9.94 Å². The van der Waals surface area contributed by atoms with Gasteiger partial charge in [0.15, 0.2) is 5.82 Å². The summed E-state index contributed by atoms with van der Waals surface area (Å²) in [5, 5.41) is 9.18. The Balaban J connectivity index is 2.76. The van der Waals surface area contributed by atoms with E-state index in [1.54, 1.807) is 0 Å². The normalized spacial score (nSPS) is 10.7. The molecule has 0 saturated heterocycles. The summed E-state index contributed by atoms with van der Waals surface area (Å²) >= 11 is 0. The van der Waals surface area contributed by atoms with E-state index in [1.165, 1.54) is 12.3 Å². The first-order valence-corrected chi connectivity index (χ1v) is 3.99. The van der Waals surface area contributed by atoms with Gasteiger partial charge < -0.3 is 9.94 Å². The van der Waals surface area contributed by atoms with Crippen molar-refractivity contribution in [3.63, 3.8) is 0 Å². The van der Waals surface area contributed by atoms with Crippen molar-refractivity contribution in [1.29, 1.82) is 0 Å². The van der Waals surface area contributed by atoms with Gasteiger partial charge >= 0.3 is 0 Å². The Morgan fingerprint density at radius 1 is 1.69 bits per heavy atom. The first-order chi connectivity index (χ1) is 6.09. The van der Waals surface area contributed by atoms with Crippen molar-refractivity contribution in [2.24, 2.45) is 0 Å². The molecule has 72 valence electrons. The Hall–Kier alpha value is -1.36. The molecule has 0 aliphatic rings. The molecule has 0 aromatic carbocycles. The Morgan fingerprint density at radius 3 is 3.00 bits per heavy atom. The molecule has 0 spiro atoms. The molecule has 1 N–H and O–H groups in total. The van der Waals surface area contributed by atoms with E-state index in [0.29, 0.717) is 0 Å². The van der Waals surface area contributed by atoms with E-state index in [1.807, 2.05) is 13.8 Å². The molecule has 1 rings (SSSR count). The van der Waals surface area contributed by atoms with Crippen LogP contribution in [0.15, 0.2) is 17.1 Å². The van der Waals surface area contributed by atoms with Crippen LogP contribution in [0.5, 0.6) is 0 Å². The SMILES string of the molecule is CC(C)OCc1nc(=O)ccn1O. The maximum atomic E-state index is 10.8. The minimum atomic E-state index is -0.382. The van der Waals surface area contributed by atoms with Crippen LogP contribution in [-0.2, 0) is 11.3 Å². The van der Waals surface area contributed by atoms with Crippen LogP contribution in [0.4, 0.5) is 0 Å². The molecule has 13 heavy (non-hydrogen) atoms. The fourth-order valence-corrected chi connectivity index (χ4v) is 0.776. The molecule has 0 amide bonds.